The summed E-state index contributed by atoms with van der Waals surface area (Å²) in [5.74, 6) is -0.738. The Morgan fingerprint density at radius 1 is 1.07 bits per heavy atom. The van der Waals surface area contributed by atoms with E-state index in [-0.39, 0.29) is 12.8 Å². The summed E-state index contributed by atoms with van der Waals surface area (Å²) in [6.45, 7) is -0.435. The number of amides is 1. The molecule has 0 unspecified atom stereocenters. The van der Waals surface area contributed by atoms with Crippen molar-refractivity contribution in [2.75, 3.05) is 11.9 Å². The first kappa shape index (κ1) is 18.2. The van der Waals surface area contributed by atoms with Crippen molar-refractivity contribution in [2.45, 2.75) is 12.8 Å². The van der Waals surface area contributed by atoms with Crippen LogP contribution in [0.4, 0.5) is 10.1 Å². The van der Waals surface area contributed by atoms with Gasteiger partial charge >= 0.3 is 5.97 Å². The predicted molar refractivity (Wildman–Crippen MR) is 94.0 cm³/mol. The Bertz CT molecular complexity index is 910. The van der Waals surface area contributed by atoms with E-state index in [1.807, 2.05) is 30.3 Å². The molecule has 138 valence electrons. The summed E-state index contributed by atoms with van der Waals surface area (Å²) in [5.41, 5.74) is 1.23. The Hall–Kier alpha value is -3.55. The van der Waals surface area contributed by atoms with Crippen molar-refractivity contribution in [3.8, 4) is 11.4 Å². The number of aromatic nitrogens is 2. The maximum atomic E-state index is 12.8. The average molecular weight is 369 g/mol. The molecular weight excluding hydrogens is 353 g/mol. The minimum atomic E-state index is -0.566. The maximum absolute atomic E-state index is 12.8. The number of ether oxygens (including phenoxy) is 1. The first-order valence-electron chi connectivity index (χ1n) is 8.19. The first-order chi connectivity index (χ1) is 13.1. The largest absolute Gasteiger partial charge is 0.456 e. The molecule has 1 amide bonds. The van der Waals surface area contributed by atoms with E-state index in [0.29, 0.717) is 17.4 Å². The lowest BCUT2D eigenvalue weighted by molar-refractivity contribution is -0.147. The third-order valence-corrected chi connectivity index (χ3v) is 3.54. The van der Waals surface area contributed by atoms with E-state index >= 15 is 0 Å². The number of carbonyl (C=O) groups excluding carboxylic acids is 2. The standard InChI is InChI=1S/C19H16FN3O4/c20-14-6-8-15(9-7-14)21-16(24)12-26-18(25)11-10-17-22-19(23-27-17)13-4-2-1-3-5-13/h1-9H,10-12H2,(H,21,24). The fourth-order valence-electron chi connectivity index (χ4n) is 2.22. The zero-order valence-corrected chi connectivity index (χ0v) is 14.2. The third-order valence-electron chi connectivity index (χ3n) is 3.54. The highest BCUT2D eigenvalue weighted by atomic mass is 19.1. The molecule has 3 aromatic rings. The number of anilines is 1. The number of carbonyl (C=O) groups is 2. The van der Waals surface area contributed by atoms with Crippen LogP contribution < -0.4 is 5.32 Å². The number of halogens is 1. The van der Waals surface area contributed by atoms with Crippen LogP contribution in [0.15, 0.2) is 59.1 Å². The van der Waals surface area contributed by atoms with Crippen LogP contribution in [0.5, 0.6) is 0 Å². The second-order valence-electron chi connectivity index (χ2n) is 5.59. The highest BCUT2D eigenvalue weighted by molar-refractivity contribution is 5.92. The van der Waals surface area contributed by atoms with Gasteiger partial charge in [0.15, 0.2) is 6.61 Å². The van der Waals surface area contributed by atoms with Gasteiger partial charge in [0.2, 0.25) is 11.7 Å². The third kappa shape index (κ3) is 5.46. The Balaban J connectivity index is 1.41. The molecule has 0 radical (unpaired) electrons. The summed E-state index contributed by atoms with van der Waals surface area (Å²) in [7, 11) is 0. The van der Waals surface area contributed by atoms with Gasteiger partial charge in [0, 0.05) is 17.7 Å². The summed E-state index contributed by atoms with van der Waals surface area (Å²) in [4.78, 5) is 27.7. The topological polar surface area (TPSA) is 94.3 Å². The van der Waals surface area contributed by atoms with Crippen molar-refractivity contribution in [3.63, 3.8) is 0 Å². The van der Waals surface area contributed by atoms with Crippen LogP contribution >= 0.6 is 0 Å². The van der Waals surface area contributed by atoms with E-state index in [2.05, 4.69) is 15.5 Å². The van der Waals surface area contributed by atoms with Crippen LogP contribution in [0.1, 0.15) is 12.3 Å². The maximum Gasteiger partial charge on any atom is 0.306 e. The molecule has 1 aromatic heterocycles. The van der Waals surface area contributed by atoms with Crippen molar-refractivity contribution in [1.29, 1.82) is 0 Å². The van der Waals surface area contributed by atoms with E-state index in [9.17, 15) is 14.0 Å². The molecule has 0 fully saturated rings. The normalized spacial score (nSPS) is 10.4. The van der Waals surface area contributed by atoms with E-state index in [0.717, 1.165) is 5.56 Å². The van der Waals surface area contributed by atoms with Crippen molar-refractivity contribution < 1.29 is 23.2 Å². The second-order valence-corrected chi connectivity index (χ2v) is 5.59. The van der Waals surface area contributed by atoms with Crippen LogP contribution in [0.25, 0.3) is 11.4 Å². The summed E-state index contributed by atoms with van der Waals surface area (Å²) in [6.07, 6.45) is 0.207. The number of rotatable bonds is 7. The highest BCUT2D eigenvalue weighted by Crippen LogP contribution is 2.15. The number of nitrogens with zero attached hydrogens (tertiary/aromatic N) is 2. The summed E-state index contributed by atoms with van der Waals surface area (Å²) in [6, 6.07) is 14.6. The number of aryl methyl sites for hydroxylation is 1. The lowest BCUT2D eigenvalue weighted by Gasteiger charge is -2.06. The van der Waals surface area contributed by atoms with Gasteiger partial charge in [-0.3, -0.25) is 9.59 Å². The minimum Gasteiger partial charge on any atom is -0.456 e. The van der Waals surface area contributed by atoms with E-state index in [4.69, 9.17) is 9.26 Å². The van der Waals surface area contributed by atoms with Crippen molar-refractivity contribution in [2.24, 2.45) is 0 Å². The molecule has 0 aliphatic carbocycles. The first-order valence-corrected chi connectivity index (χ1v) is 8.19. The number of hydrogen-bond acceptors (Lipinski definition) is 6. The van der Waals surface area contributed by atoms with Gasteiger partial charge in [-0.15, -0.1) is 0 Å². The predicted octanol–water partition coefficient (Wildman–Crippen LogP) is 2.99. The van der Waals surface area contributed by atoms with E-state index < -0.39 is 24.3 Å². The van der Waals surface area contributed by atoms with E-state index in [1.165, 1.54) is 24.3 Å². The molecule has 1 heterocycles. The monoisotopic (exact) mass is 369 g/mol. The minimum absolute atomic E-state index is 0.000249. The van der Waals surface area contributed by atoms with Crippen molar-refractivity contribution >= 4 is 17.6 Å². The molecule has 3 rings (SSSR count). The Kier molecular flexibility index (Phi) is 5.88. The van der Waals surface area contributed by atoms with Crippen LogP contribution in [-0.2, 0) is 20.7 Å². The van der Waals surface area contributed by atoms with Crippen molar-refractivity contribution in [1.82, 2.24) is 10.1 Å². The van der Waals surface area contributed by atoms with Gasteiger partial charge in [0.25, 0.3) is 5.91 Å². The molecule has 8 heteroatoms. The van der Waals surface area contributed by atoms with Crippen LogP contribution in [-0.4, -0.2) is 28.6 Å². The lowest BCUT2D eigenvalue weighted by atomic mass is 10.2. The van der Waals surface area contributed by atoms with Crippen LogP contribution in [0.3, 0.4) is 0 Å². The van der Waals surface area contributed by atoms with Gasteiger partial charge in [-0.1, -0.05) is 35.5 Å². The zero-order valence-electron chi connectivity index (χ0n) is 14.2. The van der Waals surface area contributed by atoms with Gasteiger partial charge in [-0.25, -0.2) is 4.39 Å². The molecule has 0 atom stereocenters. The van der Waals surface area contributed by atoms with Crippen molar-refractivity contribution in [3.05, 3.63) is 66.3 Å². The Morgan fingerprint density at radius 2 is 1.81 bits per heavy atom. The number of nitrogens with one attached hydrogen (secondary N) is 1. The highest BCUT2D eigenvalue weighted by Gasteiger charge is 2.12. The molecular formula is C19H16FN3O4. The average Bonchev–Trinajstić information content (AvgIpc) is 3.16. The fraction of sp³-hybridized carbons (Fsp3) is 0.158. The Morgan fingerprint density at radius 3 is 2.56 bits per heavy atom. The summed E-state index contributed by atoms with van der Waals surface area (Å²) in [5, 5.41) is 6.36. The molecule has 1 N–H and O–H groups in total. The molecule has 0 bridgehead atoms. The lowest BCUT2D eigenvalue weighted by Crippen LogP contribution is -2.21. The summed E-state index contributed by atoms with van der Waals surface area (Å²) >= 11 is 0. The van der Waals surface area contributed by atoms with Gasteiger partial charge in [-0.05, 0) is 24.3 Å². The van der Waals surface area contributed by atoms with Crippen LogP contribution in [0.2, 0.25) is 0 Å². The molecule has 0 aliphatic rings. The number of esters is 1. The molecule has 27 heavy (non-hydrogen) atoms. The molecule has 7 nitrogen and oxygen atoms in total. The fourth-order valence-corrected chi connectivity index (χ4v) is 2.22. The molecule has 0 saturated heterocycles. The van der Waals surface area contributed by atoms with Gasteiger partial charge < -0.3 is 14.6 Å². The molecule has 2 aromatic carbocycles. The molecule has 0 saturated carbocycles. The van der Waals surface area contributed by atoms with Crippen LogP contribution in [0, 0.1) is 5.82 Å². The quantitative estimate of drug-likeness (QED) is 0.644. The van der Waals surface area contributed by atoms with Gasteiger partial charge in [-0.2, -0.15) is 4.98 Å². The van der Waals surface area contributed by atoms with Gasteiger partial charge in [0.1, 0.15) is 5.82 Å². The summed E-state index contributed by atoms with van der Waals surface area (Å²) < 4.78 is 22.8. The smallest absolute Gasteiger partial charge is 0.306 e. The van der Waals surface area contributed by atoms with E-state index in [1.54, 1.807) is 0 Å². The molecule has 0 spiro atoms. The Labute approximate surface area is 154 Å². The zero-order chi connectivity index (χ0) is 19.1. The number of benzene rings is 2. The SMILES string of the molecule is O=C(COC(=O)CCc1nc(-c2ccccc2)no1)Nc1ccc(F)cc1. The number of hydrogen-bond donors (Lipinski definition) is 1. The second kappa shape index (κ2) is 8.70. The van der Waals surface area contributed by atoms with Gasteiger partial charge in [0.05, 0.1) is 6.42 Å². The molecule has 0 aliphatic heterocycles.